The maximum Gasteiger partial charge on any atom is 0.428 e. The topological polar surface area (TPSA) is 54.4 Å². The van der Waals surface area contributed by atoms with Crippen LogP contribution in [0, 0.1) is 0 Å². The standard InChI is InChI=1S/C7H9F7O3S/c1-3-5(9,18(15,16)17)6(10,11)4(2,8)7(12,13)14/h3H2,1-2H3,(H,15,16,17). The lowest BCUT2D eigenvalue weighted by atomic mass is 9.93. The highest BCUT2D eigenvalue weighted by Crippen LogP contribution is 2.53. The van der Waals surface area contributed by atoms with Crippen LogP contribution in [0.15, 0.2) is 0 Å². The summed E-state index contributed by atoms with van der Waals surface area (Å²) in [5.74, 6) is -6.03. The number of rotatable bonds is 4. The molecule has 0 spiro atoms. The first-order chi connectivity index (χ1) is 7.56. The largest absolute Gasteiger partial charge is 0.428 e. The van der Waals surface area contributed by atoms with E-state index >= 15 is 0 Å². The minimum Gasteiger partial charge on any atom is -0.283 e. The molecule has 0 amide bonds. The van der Waals surface area contributed by atoms with Crippen molar-refractivity contribution in [2.45, 2.75) is 43.0 Å². The van der Waals surface area contributed by atoms with E-state index in [9.17, 15) is 39.2 Å². The molecule has 0 saturated carbocycles. The summed E-state index contributed by atoms with van der Waals surface area (Å²) in [5, 5.41) is -5.08. The smallest absolute Gasteiger partial charge is 0.283 e. The second-order valence-electron chi connectivity index (χ2n) is 3.63. The van der Waals surface area contributed by atoms with Crippen molar-refractivity contribution in [3.05, 3.63) is 0 Å². The van der Waals surface area contributed by atoms with Crippen LogP contribution in [0.5, 0.6) is 0 Å². The summed E-state index contributed by atoms with van der Waals surface area (Å²) in [4.78, 5) is 0. The number of halogens is 7. The van der Waals surface area contributed by atoms with Gasteiger partial charge in [-0.15, -0.1) is 0 Å². The molecule has 1 N–H and O–H groups in total. The normalized spacial score (nSPS) is 21.2. The van der Waals surface area contributed by atoms with Gasteiger partial charge in [-0.25, -0.2) is 8.78 Å². The summed E-state index contributed by atoms with van der Waals surface area (Å²) in [6, 6.07) is 0. The van der Waals surface area contributed by atoms with Crippen LogP contribution in [0.2, 0.25) is 0 Å². The van der Waals surface area contributed by atoms with Crippen LogP contribution in [0.1, 0.15) is 20.3 Å². The minimum atomic E-state index is -6.27. The molecule has 0 bridgehead atoms. The van der Waals surface area contributed by atoms with Gasteiger partial charge in [0.1, 0.15) is 0 Å². The quantitative estimate of drug-likeness (QED) is 0.642. The van der Waals surface area contributed by atoms with Crippen molar-refractivity contribution < 1.29 is 43.7 Å². The van der Waals surface area contributed by atoms with Gasteiger partial charge in [-0.2, -0.15) is 30.4 Å². The van der Waals surface area contributed by atoms with Crippen LogP contribution >= 0.6 is 0 Å². The van der Waals surface area contributed by atoms with E-state index in [2.05, 4.69) is 0 Å². The third-order valence-electron chi connectivity index (χ3n) is 2.45. The van der Waals surface area contributed by atoms with E-state index in [4.69, 9.17) is 4.55 Å². The Morgan fingerprint density at radius 1 is 1.00 bits per heavy atom. The Kier molecular flexibility index (Phi) is 4.08. The average Bonchev–Trinajstić information content (AvgIpc) is 2.12. The van der Waals surface area contributed by atoms with Crippen LogP contribution in [-0.2, 0) is 10.1 Å². The van der Waals surface area contributed by atoms with Crippen molar-refractivity contribution in [2.24, 2.45) is 0 Å². The van der Waals surface area contributed by atoms with Gasteiger partial charge in [0.15, 0.2) is 0 Å². The first-order valence-corrected chi connectivity index (χ1v) is 5.79. The number of hydrogen-bond donors (Lipinski definition) is 1. The van der Waals surface area contributed by atoms with E-state index in [-0.39, 0.29) is 0 Å². The maximum absolute atomic E-state index is 13.5. The molecular formula is C7H9F7O3S. The van der Waals surface area contributed by atoms with E-state index in [0.717, 1.165) is 0 Å². The monoisotopic (exact) mass is 306 g/mol. The molecule has 0 aliphatic rings. The summed E-state index contributed by atoms with van der Waals surface area (Å²) >= 11 is 0. The first-order valence-electron chi connectivity index (χ1n) is 4.35. The molecule has 0 aromatic heterocycles. The summed E-state index contributed by atoms with van der Waals surface area (Å²) in [5.41, 5.74) is -5.47. The van der Waals surface area contributed by atoms with Gasteiger partial charge in [-0.3, -0.25) is 4.55 Å². The molecule has 0 aromatic rings. The lowest BCUT2D eigenvalue weighted by Crippen LogP contribution is -2.65. The van der Waals surface area contributed by atoms with Gasteiger partial charge in [0.25, 0.3) is 5.67 Å². The second kappa shape index (κ2) is 4.22. The summed E-state index contributed by atoms with van der Waals surface area (Å²) in [6.07, 6.45) is -8.00. The molecule has 3 nitrogen and oxygen atoms in total. The van der Waals surface area contributed by atoms with E-state index in [1.807, 2.05) is 0 Å². The van der Waals surface area contributed by atoms with Crippen LogP contribution in [0.4, 0.5) is 30.7 Å². The number of hydrogen-bond acceptors (Lipinski definition) is 2. The summed E-state index contributed by atoms with van der Waals surface area (Å²) < 4.78 is 119. The van der Waals surface area contributed by atoms with Gasteiger partial charge in [-0.1, -0.05) is 6.92 Å². The molecule has 0 saturated heterocycles. The van der Waals surface area contributed by atoms with Gasteiger partial charge in [0, 0.05) is 6.42 Å². The third-order valence-corrected chi connectivity index (χ3v) is 3.82. The van der Waals surface area contributed by atoms with E-state index in [0.29, 0.717) is 6.92 Å². The molecule has 0 aliphatic carbocycles. The lowest BCUT2D eigenvalue weighted by Gasteiger charge is -2.38. The first kappa shape index (κ1) is 17.4. The molecule has 2 unspecified atom stereocenters. The molecule has 0 radical (unpaired) electrons. The van der Waals surface area contributed by atoms with Crippen molar-refractivity contribution in [2.75, 3.05) is 0 Å². The number of alkyl halides is 7. The van der Waals surface area contributed by atoms with Gasteiger partial charge in [0.05, 0.1) is 0 Å². The highest BCUT2D eigenvalue weighted by molar-refractivity contribution is 7.87. The van der Waals surface area contributed by atoms with E-state index in [1.54, 1.807) is 0 Å². The van der Waals surface area contributed by atoms with E-state index in [1.165, 1.54) is 0 Å². The predicted octanol–water partition coefficient (Wildman–Crippen LogP) is 2.88. The van der Waals surface area contributed by atoms with Gasteiger partial charge in [0.2, 0.25) is 0 Å². The molecular weight excluding hydrogens is 297 g/mol. The van der Waals surface area contributed by atoms with Crippen molar-refractivity contribution in [1.29, 1.82) is 0 Å². The van der Waals surface area contributed by atoms with Crippen molar-refractivity contribution in [1.82, 2.24) is 0 Å². The lowest BCUT2D eigenvalue weighted by molar-refractivity contribution is -0.315. The minimum absolute atomic E-state index is 0.425. The zero-order chi connectivity index (χ0) is 15.2. The van der Waals surface area contributed by atoms with Crippen molar-refractivity contribution in [3.8, 4) is 0 Å². The van der Waals surface area contributed by atoms with Crippen LogP contribution in [0.25, 0.3) is 0 Å². The predicted molar refractivity (Wildman–Crippen MR) is 46.2 cm³/mol. The Hall–Kier alpha value is -0.580. The Morgan fingerprint density at radius 3 is 1.50 bits per heavy atom. The molecule has 0 rings (SSSR count). The van der Waals surface area contributed by atoms with Gasteiger partial charge < -0.3 is 0 Å². The zero-order valence-electron chi connectivity index (χ0n) is 9.02. The van der Waals surface area contributed by atoms with Crippen LogP contribution < -0.4 is 0 Å². The highest BCUT2D eigenvalue weighted by atomic mass is 32.2. The Morgan fingerprint density at radius 2 is 1.33 bits per heavy atom. The van der Waals surface area contributed by atoms with Crippen molar-refractivity contribution in [3.63, 3.8) is 0 Å². The molecule has 0 heterocycles. The second-order valence-corrected chi connectivity index (χ2v) is 5.23. The zero-order valence-corrected chi connectivity index (χ0v) is 9.84. The fourth-order valence-corrected chi connectivity index (χ4v) is 1.98. The van der Waals surface area contributed by atoms with E-state index < -0.39 is 46.2 Å². The molecule has 18 heavy (non-hydrogen) atoms. The molecule has 0 aromatic carbocycles. The molecule has 110 valence electrons. The third kappa shape index (κ3) is 2.17. The SMILES string of the molecule is CCC(F)(C(F)(F)C(C)(F)C(F)(F)F)S(=O)(=O)O. The van der Waals surface area contributed by atoms with Crippen LogP contribution in [-0.4, -0.2) is 35.7 Å². The molecule has 0 fully saturated rings. The average molecular weight is 306 g/mol. The van der Waals surface area contributed by atoms with Crippen molar-refractivity contribution >= 4 is 10.1 Å². The Bertz CT molecular complexity index is 413. The van der Waals surface area contributed by atoms with Crippen LogP contribution in [0.3, 0.4) is 0 Å². The van der Waals surface area contributed by atoms with Gasteiger partial charge in [-0.05, 0) is 6.92 Å². The fourth-order valence-electron chi connectivity index (χ4n) is 1.09. The molecule has 11 heteroatoms. The molecule has 0 aliphatic heterocycles. The summed E-state index contributed by atoms with van der Waals surface area (Å²) in [6.45, 7) is -0.281. The maximum atomic E-state index is 13.5. The summed E-state index contributed by atoms with van der Waals surface area (Å²) in [7, 11) is -6.27. The van der Waals surface area contributed by atoms with Gasteiger partial charge >= 0.3 is 27.2 Å². The fraction of sp³-hybridized carbons (Fsp3) is 1.00. The molecule has 2 atom stereocenters. The highest BCUT2D eigenvalue weighted by Gasteiger charge is 2.79. The Labute approximate surface area is 97.7 Å². The Balaban J connectivity index is 6.08.